The van der Waals surface area contributed by atoms with E-state index in [1.165, 1.54) is 18.2 Å². The van der Waals surface area contributed by atoms with Gasteiger partial charge in [0.25, 0.3) is 0 Å². The Hall–Kier alpha value is -2.38. The molecule has 0 saturated heterocycles. The molecule has 2 atom stereocenters. The monoisotopic (exact) mass is 376 g/mol. The topological polar surface area (TPSA) is 95.5 Å². The van der Waals surface area contributed by atoms with Crippen molar-refractivity contribution in [2.75, 3.05) is 5.32 Å². The molecule has 140 valence electrons. The molecule has 0 aliphatic rings. The maximum absolute atomic E-state index is 12.4. The SMILES string of the molecule is CC[C@H](C)NS(=O)(=O)c1ccc(N[C@@H](C)c2ccccc2)c(C(=O)O)c1. The van der Waals surface area contributed by atoms with Gasteiger partial charge < -0.3 is 10.4 Å². The molecule has 0 fully saturated rings. The second kappa shape index (κ2) is 8.33. The summed E-state index contributed by atoms with van der Waals surface area (Å²) in [6.45, 7) is 5.54. The standard InChI is InChI=1S/C19H24N2O4S/c1-4-13(2)21-26(24,25)16-10-11-18(17(12-16)19(22)23)20-14(3)15-8-6-5-7-9-15/h5-14,20-21H,4H2,1-3H3,(H,22,23)/t13-,14-/m0/s1. The van der Waals surface area contributed by atoms with Gasteiger partial charge >= 0.3 is 5.97 Å². The molecular weight excluding hydrogens is 352 g/mol. The summed E-state index contributed by atoms with van der Waals surface area (Å²) in [4.78, 5) is 11.6. The van der Waals surface area contributed by atoms with Gasteiger partial charge in [-0.3, -0.25) is 0 Å². The number of anilines is 1. The average Bonchev–Trinajstić information content (AvgIpc) is 2.61. The van der Waals surface area contributed by atoms with Crippen LogP contribution in [0.2, 0.25) is 0 Å². The summed E-state index contributed by atoms with van der Waals surface area (Å²) in [7, 11) is -3.77. The molecule has 2 rings (SSSR count). The van der Waals surface area contributed by atoms with Crippen molar-refractivity contribution in [3.8, 4) is 0 Å². The third-order valence-corrected chi connectivity index (χ3v) is 5.76. The summed E-state index contributed by atoms with van der Waals surface area (Å²) in [5.74, 6) is -1.19. The molecule has 0 aliphatic carbocycles. The van der Waals surface area contributed by atoms with Crippen molar-refractivity contribution in [1.82, 2.24) is 4.72 Å². The molecule has 7 heteroatoms. The quantitative estimate of drug-likeness (QED) is 0.654. The molecule has 26 heavy (non-hydrogen) atoms. The molecule has 2 aromatic carbocycles. The lowest BCUT2D eigenvalue weighted by Gasteiger charge is -2.18. The highest BCUT2D eigenvalue weighted by atomic mass is 32.2. The van der Waals surface area contributed by atoms with Crippen molar-refractivity contribution in [1.29, 1.82) is 0 Å². The van der Waals surface area contributed by atoms with Crippen LogP contribution in [0.1, 0.15) is 49.2 Å². The first kappa shape index (κ1) is 19.9. The number of carbonyl (C=O) groups is 1. The molecule has 0 heterocycles. The number of sulfonamides is 1. The molecule has 0 amide bonds. The van der Waals surface area contributed by atoms with Crippen LogP contribution in [-0.4, -0.2) is 25.5 Å². The lowest BCUT2D eigenvalue weighted by atomic mass is 10.1. The van der Waals surface area contributed by atoms with Crippen LogP contribution in [0, 0.1) is 0 Å². The molecule has 0 bridgehead atoms. The number of hydrogen-bond donors (Lipinski definition) is 3. The van der Waals surface area contributed by atoms with E-state index in [9.17, 15) is 18.3 Å². The smallest absolute Gasteiger partial charge is 0.337 e. The van der Waals surface area contributed by atoms with Gasteiger partial charge in [-0.15, -0.1) is 0 Å². The largest absolute Gasteiger partial charge is 0.478 e. The predicted molar refractivity (Wildman–Crippen MR) is 102 cm³/mol. The van der Waals surface area contributed by atoms with Gasteiger partial charge in [-0.1, -0.05) is 37.3 Å². The Bertz CT molecular complexity index is 866. The van der Waals surface area contributed by atoms with Crippen molar-refractivity contribution in [2.24, 2.45) is 0 Å². The van der Waals surface area contributed by atoms with Crippen molar-refractivity contribution in [3.05, 3.63) is 59.7 Å². The van der Waals surface area contributed by atoms with E-state index in [2.05, 4.69) is 10.0 Å². The molecule has 0 saturated carbocycles. The first-order chi connectivity index (χ1) is 12.2. The predicted octanol–water partition coefficient (Wildman–Crippen LogP) is 3.63. The fraction of sp³-hybridized carbons (Fsp3) is 0.316. The van der Waals surface area contributed by atoms with Gasteiger partial charge in [-0.25, -0.2) is 17.9 Å². The van der Waals surface area contributed by atoms with Crippen LogP contribution in [0.15, 0.2) is 53.4 Å². The Kier molecular flexibility index (Phi) is 6.39. The average molecular weight is 376 g/mol. The highest BCUT2D eigenvalue weighted by Crippen LogP contribution is 2.25. The van der Waals surface area contributed by atoms with E-state index in [4.69, 9.17) is 0 Å². The number of rotatable bonds is 8. The van der Waals surface area contributed by atoms with Gasteiger partial charge in [-0.2, -0.15) is 0 Å². The zero-order chi connectivity index (χ0) is 19.3. The van der Waals surface area contributed by atoms with Gasteiger partial charge in [0.2, 0.25) is 10.0 Å². The van der Waals surface area contributed by atoms with Gasteiger partial charge in [0.1, 0.15) is 0 Å². The van der Waals surface area contributed by atoms with Crippen LogP contribution >= 0.6 is 0 Å². The first-order valence-corrected chi connectivity index (χ1v) is 9.94. The Balaban J connectivity index is 2.33. The Morgan fingerprint density at radius 1 is 1.12 bits per heavy atom. The molecule has 0 unspecified atom stereocenters. The van der Waals surface area contributed by atoms with Crippen LogP contribution in [0.4, 0.5) is 5.69 Å². The molecule has 0 aromatic heterocycles. The lowest BCUT2D eigenvalue weighted by Crippen LogP contribution is -2.32. The van der Waals surface area contributed by atoms with E-state index >= 15 is 0 Å². The minimum absolute atomic E-state index is 0.0619. The van der Waals surface area contributed by atoms with Crippen LogP contribution in [0.3, 0.4) is 0 Å². The second-order valence-corrected chi connectivity index (χ2v) is 7.93. The van der Waals surface area contributed by atoms with E-state index in [1.54, 1.807) is 6.92 Å². The third-order valence-electron chi connectivity index (χ3n) is 4.17. The number of carboxylic acids is 1. The normalized spacial score (nSPS) is 13.8. The zero-order valence-corrected chi connectivity index (χ0v) is 15.9. The molecule has 0 aliphatic heterocycles. The second-order valence-electron chi connectivity index (χ2n) is 6.22. The molecular formula is C19H24N2O4S. The fourth-order valence-corrected chi connectivity index (χ4v) is 3.82. The van der Waals surface area contributed by atoms with Crippen LogP contribution < -0.4 is 10.0 Å². The molecule has 2 aromatic rings. The molecule has 0 radical (unpaired) electrons. The minimum Gasteiger partial charge on any atom is -0.478 e. The lowest BCUT2D eigenvalue weighted by molar-refractivity contribution is 0.0697. The number of nitrogens with one attached hydrogen (secondary N) is 2. The number of hydrogen-bond acceptors (Lipinski definition) is 4. The van der Waals surface area contributed by atoms with Crippen molar-refractivity contribution in [3.63, 3.8) is 0 Å². The highest BCUT2D eigenvalue weighted by molar-refractivity contribution is 7.89. The van der Waals surface area contributed by atoms with E-state index in [0.29, 0.717) is 12.1 Å². The highest BCUT2D eigenvalue weighted by Gasteiger charge is 2.21. The van der Waals surface area contributed by atoms with Crippen LogP contribution in [0.5, 0.6) is 0 Å². The Labute approximate surface area is 154 Å². The van der Waals surface area contributed by atoms with E-state index in [0.717, 1.165) is 5.56 Å². The van der Waals surface area contributed by atoms with Crippen molar-refractivity contribution in [2.45, 2.75) is 44.2 Å². The Morgan fingerprint density at radius 3 is 2.35 bits per heavy atom. The molecule has 0 spiro atoms. The summed E-state index contributed by atoms with van der Waals surface area (Å²) in [5.41, 5.74) is 1.29. The van der Waals surface area contributed by atoms with Gasteiger partial charge in [-0.05, 0) is 44.0 Å². The van der Waals surface area contributed by atoms with E-state index in [1.807, 2.05) is 44.2 Å². The minimum atomic E-state index is -3.77. The molecule has 3 N–H and O–H groups in total. The van der Waals surface area contributed by atoms with Gasteiger partial charge in [0, 0.05) is 17.8 Å². The molecule has 6 nitrogen and oxygen atoms in total. The van der Waals surface area contributed by atoms with Crippen LogP contribution in [-0.2, 0) is 10.0 Å². The summed E-state index contributed by atoms with van der Waals surface area (Å²) in [5, 5.41) is 12.7. The van der Waals surface area contributed by atoms with Crippen molar-refractivity contribution >= 4 is 21.7 Å². The van der Waals surface area contributed by atoms with Gasteiger partial charge in [0.15, 0.2) is 0 Å². The van der Waals surface area contributed by atoms with Crippen molar-refractivity contribution < 1.29 is 18.3 Å². The Morgan fingerprint density at radius 2 is 1.77 bits per heavy atom. The van der Waals surface area contributed by atoms with Gasteiger partial charge in [0.05, 0.1) is 10.5 Å². The maximum atomic E-state index is 12.4. The summed E-state index contributed by atoms with van der Waals surface area (Å²) >= 11 is 0. The van der Waals surface area contributed by atoms with E-state index in [-0.39, 0.29) is 22.5 Å². The fourth-order valence-electron chi connectivity index (χ4n) is 2.47. The number of aromatic carboxylic acids is 1. The summed E-state index contributed by atoms with van der Waals surface area (Å²) < 4.78 is 27.3. The zero-order valence-electron chi connectivity index (χ0n) is 15.1. The maximum Gasteiger partial charge on any atom is 0.337 e. The third kappa shape index (κ3) is 4.83. The van der Waals surface area contributed by atoms with Crippen LogP contribution in [0.25, 0.3) is 0 Å². The summed E-state index contributed by atoms with van der Waals surface area (Å²) in [6.07, 6.45) is 0.638. The summed E-state index contributed by atoms with van der Waals surface area (Å²) in [6, 6.07) is 13.3. The number of carboxylic acid groups (broad SMARTS) is 1. The van der Waals surface area contributed by atoms with E-state index < -0.39 is 16.0 Å². The first-order valence-electron chi connectivity index (χ1n) is 8.45. The number of benzene rings is 2.